The minimum Gasteiger partial charge on any atom is -0.493 e. The molecule has 0 saturated heterocycles. The van der Waals surface area contributed by atoms with Crippen molar-refractivity contribution in [3.8, 4) is 11.5 Å². The highest BCUT2D eigenvalue weighted by atomic mass is 35.5. The summed E-state index contributed by atoms with van der Waals surface area (Å²) in [6.45, 7) is 2.39. The van der Waals surface area contributed by atoms with Crippen LogP contribution >= 0.6 is 11.6 Å². The monoisotopic (exact) mass is 419 g/mol. The van der Waals surface area contributed by atoms with E-state index in [1.54, 1.807) is 36.4 Å². The number of hydrogen-bond donors (Lipinski definition) is 3. The maximum Gasteiger partial charge on any atom is 0.269 e. The van der Waals surface area contributed by atoms with Gasteiger partial charge in [0.25, 0.3) is 11.8 Å². The fraction of sp³-hybridized carbons (Fsp3) is 0.250. The Hall–Kier alpha value is -3.26. The van der Waals surface area contributed by atoms with E-state index in [2.05, 4.69) is 16.2 Å². The second-order valence-electron chi connectivity index (χ2n) is 5.79. The van der Waals surface area contributed by atoms with Gasteiger partial charge in [-0.3, -0.25) is 25.2 Å². The van der Waals surface area contributed by atoms with Crippen LogP contribution in [0.5, 0.6) is 11.5 Å². The molecule has 3 N–H and O–H groups in total. The number of carbonyl (C=O) groups excluding carboxylic acids is 3. The Balaban J connectivity index is 1.79. The van der Waals surface area contributed by atoms with Gasteiger partial charge in [-0.1, -0.05) is 23.7 Å². The van der Waals surface area contributed by atoms with Crippen molar-refractivity contribution in [1.29, 1.82) is 0 Å². The minimum absolute atomic E-state index is 0.0247. The lowest BCUT2D eigenvalue weighted by molar-refractivity contribution is -0.121. The number of nitrogens with one attached hydrogen (secondary N) is 3. The zero-order valence-corrected chi connectivity index (χ0v) is 16.8. The molecule has 2 rings (SSSR count). The van der Waals surface area contributed by atoms with Crippen LogP contribution in [0, 0.1) is 0 Å². The van der Waals surface area contributed by atoms with Gasteiger partial charge in [0, 0.05) is 18.5 Å². The lowest BCUT2D eigenvalue weighted by atomic mass is 10.2. The third kappa shape index (κ3) is 6.39. The van der Waals surface area contributed by atoms with E-state index in [0.29, 0.717) is 28.7 Å². The van der Waals surface area contributed by atoms with Crippen molar-refractivity contribution in [2.24, 2.45) is 0 Å². The fourth-order valence-electron chi connectivity index (χ4n) is 2.37. The minimum atomic E-state index is -0.514. The third-order valence-electron chi connectivity index (χ3n) is 3.80. The Kier molecular flexibility index (Phi) is 8.29. The topological polar surface area (TPSA) is 106 Å². The molecule has 154 valence electrons. The first-order valence-electron chi connectivity index (χ1n) is 8.89. The highest BCUT2D eigenvalue weighted by Crippen LogP contribution is 2.27. The van der Waals surface area contributed by atoms with Crippen LogP contribution in [-0.2, 0) is 4.79 Å². The second-order valence-corrected chi connectivity index (χ2v) is 6.19. The zero-order chi connectivity index (χ0) is 21.2. The molecule has 0 bridgehead atoms. The lowest BCUT2D eigenvalue weighted by Gasteiger charge is -2.12. The summed E-state index contributed by atoms with van der Waals surface area (Å²) in [4.78, 5) is 36.1. The maximum absolute atomic E-state index is 12.2. The summed E-state index contributed by atoms with van der Waals surface area (Å²) in [5.74, 6) is -0.428. The average Bonchev–Trinajstić information content (AvgIpc) is 2.72. The molecule has 8 nitrogen and oxygen atoms in total. The number of hydrogen-bond acceptors (Lipinski definition) is 5. The Morgan fingerprint density at radius 2 is 1.76 bits per heavy atom. The van der Waals surface area contributed by atoms with Crippen LogP contribution in [0.2, 0.25) is 5.02 Å². The molecule has 3 amide bonds. The van der Waals surface area contributed by atoms with Crippen molar-refractivity contribution in [2.45, 2.75) is 13.3 Å². The highest BCUT2D eigenvalue weighted by molar-refractivity contribution is 6.33. The summed E-state index contributed by atoms with van der Waals surface area (Å²) < 4.78 is 10.6. The van der Waals surface area contributed by atoms with Gasteiger partial charge >= 0.3 is 0 Å². The predicted octanol–water partition coefficient (Wildman–Crippen LogP) is 2.33. The van der Waals surface area contributed by atoms with Gasteiger partial charge in [-0.2, -0.15) is 0 Å². The van der Waals surface area contributed by atoms with Gasteiger partial charge in [0.15, 0.2) is 11.5 Å². The second kappa shape index (κ2) is 10.9. The number of amides is 3. The van der Waals surface area contributed by atoms with E-state index in [9.17, 15) is 14.4 Å². The van der Waals surface area contributed by atoms with Crippen LogP contribution in [0.4, 0.5) is 0 Å². The van der Waals surface area contributed by atoms with Crippen LogP contribution in [0.3, 0.4) is 0 Å². The van der Waals surface area contributed by atoms with Crippen LogP contribution in [-0.4, -0.2) is 38.0 Å². The molecular weight excluding hydrogens is 398 g/mol. The largest absolute Gasteiger partial charge is 0.493 e. The Labute approximate surface area is 173 Å². The molecule has 0 heterocycles. The molecule has 0 aromatic heterocycles. The van der Waals surface area contributed by atoms with Gasteiger partial charge in [-0.25, -0.2) is 0 Å². The first-order chi connectivity index (χ1) is 14.0. The Morgan fingerprint density at radius 1 is 1.00 bits per heavy atom. The molecule has 2 aromatic carbocycles. The smallest absolute Gasteiger partial charge is 0.269 e. The molecule has 0 atom stereocenters. The number of rotatable bonds is 8. The predicted molar refractivity (Wildman–Crippen MR) is 108 cm³/mol. The van der Waals surface area contributed by atoms with E-state index in [-0.39, 0.29) is 24.4 Å². The standard InChI is InChI=1S/C20H22ClN3O5/c1-3-29-16-9-8-13(12-17(16)28-2)19(26)24-23-18(25)10-11-22-20(27)14-6-4-5-7-15(14)21/h4-9,12H,3,10-11H2,1-2H3,(H,22,27)(H,23,25)(H,24,26). The molecule has 0 aliphatic heterocycles. The van der Waals surface area contributed by atoms with Crippen molar-refractivity contribution in [1.82, 2.24) is 16.2 Å². The molecular formula is C20H22ClN3O5. The van der Waals surface area contributed by atoms with Crippen molar-refractivity contribution in [3.63, 3.8) is 0 Å². The van der Waals surface area contributed by atoms with Crippen molar-refractivity contribution < 1.29 is 23.9 Å². The van der Waals surface area contributed by atoms with E-state index in [1.165, 1.54) is 13.2 Å². The molecule has 0 unspecified atom stereocenters. The Bertz CT molecular complexity index is 888. The number of methoxy groups -OCH3 is 1. The summed E-state index contributed by atoms with van der Waals surface area (Å²) in [5, 5.41) is 2.92. The highest BCUT2D eigenvalue weighted by Gasteiger charge is 2.13. The molecule has 9 heteroatoms. The van der Waals surface area contributed by atoms with Crippen LogP contribution in [0.1, 0.15) is 34.1 Å². The van der Waals surface area contributed by atoms with E-state index in [1.807, 2.05) is 6.92 Å². The fourth-order valence-corrected chi connectivity index (χ4v) is 2.60. The zero-order valence-electron chi connectivity index (χ0n) is 16.1. The number of ether oxygens (including phenoxy) is 2. The lowest BCUT2D eigenvalue weighted by Crippen LogP contribution is -2.42. The molecule has 0 fully saturated rings. The van der Waals surface area contributed by atoms with E-state index in [4.69, 9.17) is 21.1 Å². The molecule has 0 aliphatic carbocycles. The molecule has 2 aromatic rings. The van der Waals surface area contributed by atoms with Crippen LogP contribution < -0.4 is 25.6 Å². The molecule has 0 radical (unpaired) electrons. The van der Waals surface area contributed by atoms with E-state index in [0.717, 1.165) is 0 Å². The van der Waals surface area contributed by atoms with E-state index < -0.39 is 11.8 Å². The maximum atomic E-state index is 12.2. The summed E-state index contributed by atoms with van der Waals surface area (Å²) in [6, 6.07) is 11.3. The van der Waals surface area contributed by atoms with Gasteiger partial charge < -0.3 is 14.8 Å². The normalized spacial score (nSPS) is 10.0. The number of carbonyl (C=O) groups is 3. The number of benzene rings is 2. The number of hydrazine groups is 1. The SMILES string of the molecule is CCOc1ccc(C(=O)NNC(=O)CCNC(=O)c2ccccc2Cl)cc1OC. The Morgan fingerprint density at radius 3 is 2.45 bits per heavy atom. The first kappa shape index (κ1) is 22.0. The molecule has 29 heavy (non-hydrogen) atoms. The summed E-state index contributed by atoms with van der Waals surface area (Å²) in [7, 11) is 1.47. The molecule has 0 aliphatic rings. The van der Waals surface area contributed by atoms with Gasteiger partial charge in [-0.15, -0.1) is 0 Å². The molecule has 0 spiro atoms. The molecule has 0 saturated carbocycles. The van der Waals surface area contributed by atoms with Crippen molar-refractivity contribution >= 4 is 29.3 Å². The van der Waals surface area contributed by atoms with Crippen LogP contribution in [0.15, 0.2) is 42.5 Å². The van der Waals surface area contributed by atoms with Gasteiger partial charge in [-0.05, 0) is 37.3 Å². The summed E-state index contributed by atoms with van der Waals surface area (Å²) >= 11 is 5.95. The van der Waals surface area contributed by atoms with Crippen molar-refractivity contribution in [3.05, 3.63) is 58.6 Å². The van der Waals surface area contributed by atoms with E-state index >= 15 is 0 Å². The summed E-state index contributed by atoms with van der Waals surface area (Å²) in [6.07, 6.45) is -0.0247. The van der Waals surface area contributed by atoms with Gasteiger partial charge in [0.05, 0.1) is 24.3 Å². The quantitative estimate of drug-likeness (QED) is 0.569. The first-order valence-corrected chi connectivity index (χ1v) is 9.26. The van der Waals surface area contributed by atoms with Crippen LogP contribution in [0.25, 0.3) is 0 Å². The average molecular weight is 420 g/mol. The number of halogens is 1. The third-order valence-corrected chi connectivity index (χ3v) is 4.13. The van der Waals surface area contributed by atoms with Gasteiger partial charge in [0.2, 0.25) is 5.91 Å². The van der Waals surface area contributed by atoms with Crippen molar-refractivity contribution in [2.75, 3.05) is 20.3 Å². The van der Waals surface area contributed by atoms with Gasteiger partial charge in [0.1, 0.15) is 0 Å². The summed E-state index contributed by atoms with van der Waals surface area (Å²) in [5.41, 5.74) is 5.22.